The van der Waals surface area contributed by atoms with Crippen LogP contribution in [0.4, 0.5) is 0 Å². The monoisotopic (exact) mass is 189 g/mol. The molecule has 1 unspecified atom stereocenters. The molecule has 1 aliphatic rings. The molecule has 1 atom stereocenters. The molecule has 0 aromatic rings. The second kappa shape index (κ2) is 5.54. The Labute approximate surface area is 79.0 Å². The molecule has 0 saturated heterocycles. The van der Waals surface area contributed by atoms with Gasteiger partial charge in [0.15, 0.2) is 0 Å². The van der Waals surface area contributed by atoms with Crippen LogP contribution in [0.25, 0.3) is 0 Å². The van der Waals surface area contributed by atoms with E-state index in [1.54, 1.807) is 0 Å². The van der Waals surface area contributed by atoms with Gasteiger partial charge in [-0.2, -0.15) is 0 Å². The van der Waals surface area contributed by atoms with E-state index in [0.29, 0.717) is 25.9 Å². The Morgan fingerprint density at radius 2 is 2.15 bits per heavy atom. The van der Waals surface area contributed by atoms with E-state index in [1.165, 1.54) is 0 Å². The summed E-state index contributed by atoms with van der Waals surface area (Å²) in [5.74, 6) is 0. The number of ether oxygens (including phenoxy) is 2. The summed E-state index contributed by atoms with van der Waals surface area (Å²) >= 11 is 0. The van der Waals surface area contributed by atoms with Gasteiger partial charge in [-0.3, -0.25) is 0 Å². The molecule has 1 saturated carbocycles. The lowest BCUT2D eigenvalue weighted by Crippen LogP contribution is -2.43. The minimum Gasteiger partial charge on any atom is -0.388 e. The van der Waals surface area contributed by atoms with Crippen molar-refractivity contribution in [3.63, 3.8) is 0 Å². The predicted octanol–water partition coefficient (Wildman–Crippen LogP) is -0.110. The van der Waals surface area contributed by atoms with Gasteiger partial charge in [-0.1, -0.05) is 0 Å². The summed E-state index contributed by atoms with van der Waals surface area (Å²) in [6.07, 6.45) is 1.59. The number of rotatable bonds is 6. The molecule has 3 N–H and O–H groups in total. The van der Waals surface area contributed by atoms with Gasteiger partial charge in [0.2, 0.25) is 0 Å². The van der Waals surface area contributed by atoms with E-state index in [4.69, 9.17) is 15.2 Å². The van der Waals surface area contributed by atoms with Crippen molar-refractivity contribution in [2.75, 3.05) is 19.8 Å². The first-order valence-electron chi connectivity index (χ1n) is 4.85. The Bertz CT molecular complexity index is 137. The van der Waals surface area contributed by atoms with E-state index in [1.807, 2.05) is 6.92 Å². The van der Waals surface area contributed by atoms with Crippen LogP contribution in [-0.2, 0) is 9.47 Å². The second-order valence-electron chi connectivity index (χ2n) is 3.50. The SMILES string of the molecule is CCOCC(O)COC1CC(N)C1. The first kappa shape index (κ1) is 10.9. The van der Waals surface area contributed by atoms with E-state index < -0.39 is 6.10 Å². The third kappa shape index (κ3) is 4.04. The Balaban J connectivity index is 1.92. The second-order valence-corrected chi connectivity index (χ2v) is 3.50. The Kier molecular flexibility index (Phi) is 4.66. The maximum absolute atomic E-state index is 9.33. The number of aliphatic hydroxyl groups is 1. The van der Waals surface area contributed by atoms with Crippen LogP contribution in [0.3, 0.4) is 0 Å². The highest BCUT2D eigenvalue weighted by molar-refractivity contribution is 4.83. The average Bonchev–Trinajstić information content (AvgIpc) is 2.07. The summed E-state index contributed by atoms with van der Waals surface area (Å²) in [5.41, 5.74) is 5.59. The molecule has 4 heteroatoms. The fraction of sp³-hybridized carbons (Fsp3) is 1.00. The first-order valence-corrected chi connectivity index (χ1v) is 4.85. The molecule has 4 nitrogen and oxygen atoms in total. The molecule has 1 fully saturated rings. The van der Waals surface area contributed by atoms with E-state index in [2.05, 4.69) is 0 Å². The highest BCUT2D eigenvalue weighted by Crippen LogP contribution is 2.21. The smallest absolute Gasteiger partial charge is 0.101 e. The van der Waals surface area contributed by atoms with Gasteiger partial charge < -0.3 is 20.3 Å². The molecule has 0 spiro atoms. The molecular weight excluding hydrogens is 170 g/mol. The maximum atomic E-state index is 9.33. The van der Waals surface area contributed by atoms with Crippen molar-refractivity contribution in [3.05, 3.63) is 0 Å². The van der Waals surface area contributed by atoms with Crippen LogP contribution in [0.15, 0.2) is 0 Å². The van der Waals surface area contributed by atoms with Gasteiger partial charge in [0, 0.05) is 12.6 Å². The summed E-state index contributed by atoms with van der Waals surface area (Å²) < 4.78 is 10.4. The standard InChI is InChI=1S/C9H19NO3/c1-2-12-5-8(11)6-13-9-3-7(10)4-9/h7-9,11H,2-6,10H2,1H3. The lowest BCUT2D eigenvalue weighted by atomic mass is 9.90. The van der Waals surface area contributed by atoms with Gasteiger partial charge in [-0.05, 0) is 19.8 Å². The topological polar surface area (TPSA) is 64.7 Å². The summed E-state index contributed by atoms with van der Waals surface area (Å²) in [6.45, 7) is 3.25. The largest absolute Gasteiger partial charge is 0.388 e. The van der Waals surface area contributed by atoms with Crippen molar-refractivity contribution in [2.45, 2.75) is 38.0 Å². The fourth-order valence-corrected chi connectivity index (χ4v) is 1.29. The van der Waals surface area contributed by atoms with E-state index in [-0.39, 0.29) is 6.10 Å². The predicted molar refractivity (Wildman–Crippen MR) is 49.4 cm³/mol. The van der Waals surface area contributed by atoms with Crippen LogP contribution >= 0.6 is 0 Å². The van der Waals surface area contributed by atoms with Gasteiger partial charge in [-0.15, -0.1) is 0 Å². The molecule has 0 radical (unpaired) electrons. The Morgan fingerprint density at radius 3 is 2.69 bits per heavy atom. The average molecular weight is 189 g/mol. The van der Waals surface area contributed by atoms with E-state index in [0.717, 1.165) is 12.8 Å². The number of hydrogen-bond acceptors (Lipinski definition) is 4. The van der Waals surface area contributed by atoms with Crippen molar-refractivity contribution in [1.82, 2.24) is 0 Å². The third-order valence-corrected chi connectivity index (χ3v) is 2.17. The van der Waals surface area contributed by atoms with Crippen molar-refractivity contribution in [3.8, 4) is 0 Å². The minimum atomic E-state index is -0.503. The van der Waals surface area contributed by atoms with Crippen LogP contribution in [0.5, 0.6) is 0 Å². The maximum Gasteiger partial charge on any atom is 0.101 e. The normalized spacial score (nSPS) is 29.8. The lowest BCUT2D eigenvalue weighted by molar-refractivity contribution is -0.0690. The van der Waals surface area contributed by atoms with Crippen LogP contribution in [-0.4, -0.2) is 43.2 Å². The fourth-order valence-electron chi connectivity index (χ4n) is 1.29. The molecule has 78 valence electrons. The minimum absolute atomic E-state index is 0.256. The van der Waals surface area contributed by atoms with Crippen molar-refractivity contribution < 1.29 is 14.6 Å². The van der Waals surface area contributed by atoms with Crippen molar-refractivity contribution in [2.24, 2.45) is 5.73 Å². The molecule has 13 heavy (non-hydrogen) atoms. The van der Waals surface area contributed by atoms with E-state index in [9.17, 15) is 5.11 Å². The van der Waals surface area contributed by atoms with Gasteiger partial charge in [-0.25, -0.2) is 0 Å². The van der Waals surface area contributed by atoms with Crippen LogP contribution in [0.2, 0.25) is 0 Å². The van der Waals surface area contributed by atoms with Crippen molar-refractivity contribution in [1.29, 1.82) is 0 Å². The summed E-state index contributed by atoms with van der Waals surface area (Å²) in [5, 5.41) is 9.33. The molecule has 0 aliphatic heterocycles. The van der Waals surface area contributed by atoms with E-state index >= 15 is 0 Å². The van der Waals surface area contributed by atoms with Crippen LogP contribution in [0, 0.1) is 0 Å². The molecule has 1 aliphatic carbocycles. The van der Waals surface area contributed by atoms with Gasteiger partial charge in [0.25, 0.3) is 0 Å². The van der Waals surface area contributed by atoms with Crippen LogP contribution < -0.4 is 5.73 Å². The highest BCUT2D eigenvalue weighted by atomic mass is 16.5. The zero-order valence-electron chi connectivity index (χ0n) is 8.11. The quantitative estimate of drug-likeness (QED) is 0.612. The molecule has 0 heterocycles. The Hall–Kier alpha value is -0.160. The number of aliphatic hydroxyl groups excluding tert-OH is 1. The molecule has 0 aromatic carbocycles. The highest BCUT2D eigenvalue weighted by Gasteiger charge is 2.26. The zero-order chi connectivity index (χ0) is 9.68. The lowest BCUT2D eigenvalue weighted by Gasteiger charge is -2.32. The van der Waals surface area contributed by atoms with Gasteiger partial charge >= 0.3 is 0 Å². The molecule has 0 aromatic heterocycles. The number of hydrogen-bond donors (Lipinski definition) is 2. The summed E-state index contributed by atoms with van der Waals surface area (Å²) in [6, 6.07) is 0.300. The molecule has 0 bridgehead atoms. The molecular formula is C9H19NO3. The molecule has 1 rings (SSSR count). The van der Waals surface area contributed by atoms with Crippen molar-refractivity contribution >= 4 is 0 Å². The summed E-state index contributed by atoms with van der Waals surface area (Å²) in [7, 11) is 0. The molecule has 0 amide bonds. The third-order valence-electron chi connectivity index (χ3n) is 2.17. The first-order chi connectivity index (χ1) is 6.22. The number of nitrogens with two attached hydrogens (primary N) is 1. The van der Waals surface area contributed by atoms with Crippen LogP contribution in [0.1, 0.15) is 19.8 Å². The summed E-state index contributed by atoms with van der Waals surface area (Å²) in [4.78, 5) is 0. The van der Waals surface area contributed by atoms with Gasteiger partial charge in [0.05, 0.1) is 19.3 Å². The van der Waals surface area contributed by atoms with Gasteiger partial charge in [0.1, 0.15) is 6.10 Å². The Morgan fingerprint density at radius 1 is 1.46 bits per heavy atom. The zero-order valence-corrected chi connectivity index (χ0v) is 8.11.